The second-order valence-electron chi connectivity index (χ2n) is 14.1. The van der Waals surface area contributed by atoms with E-state index in [9.17, 15) is 40.9 Å². The summed E-state index contributed by atoms with van der Waals surface area (Å²) in [6.45, 7) is 17.1. The summed E-state index contributed by atoms with van der Waals surface area (Å²) in [6, 6.07) is 12.8. The SMILES string of the molecule is CC(C)(C)NCC(O)c1cc(O)cc(O)c1.CC(C)(C)NCC(O)c1cc(O)cc(O)c1.CC(C)NCC(O)c1ccc(O)c(O)c1.Cl.O=S(=O)(O)O. The highest BCUT2D eigenvalue weighted by atomic mass is 35.5. The second kappa shape index (κ2) is 23.2. The molecule has 0 aliphatic rings. The average Bonchev–Trinajstić information content (AvgIpc) is 2.97. The van der Waals surface area contributed by atoms with Gasteiger partial charge in [-0.2, -0.15) is 8.42 Å². The summed E-state index contributed by atoms with van der Waals surface area (Å²) >= 11 is 0. The van der Waals surface area contributed by atoms with Gasteiger partial charge in [-0.1, -0.05) is 19.9 Å². The van der Waals surface area contributed by atoms with E-state index in [0.29, 0.717) is 42.4 Å². The fourth-order valence-corrected chi connectivity index (χ4v) is 3.88. The highest BCUT2D eigenvalue weighted by molar-refractivity contribution is 7.79. The molecule has 3 aromatic carbocycles. The Morgan fingerprint density at radius 2 is 0.868 bits per heavy atom. The van der Waals surface area contributed by atoms with E-state index in [2.05, 4.69) is 16.0 Å². The molecular formula is C35H58ClN3O13S. The van der Waals surface area contributed by atoms with E-state index >= 15 is 0 Å². The van der Waals surface area contributed by atoms with E-state index in [4.69, 9.17) is 22.6 Å². The first-order valence-electron chi connectivity index (χ1n) is 16.1. The smallest absolute Gasteiger partial charge is 0.394 e. The molecule has 0 saturated carbocycles. The molecule has 0 radical (unpaired) electrons. The van der Waals surface area contributed by atoms with Crippen molar-refractivity contribution >= 4 is 22.8 Å². The molecule has 0 amide bonds. The molecule has 53 heavy (non-hydrogen) atoms. The summed E-state index contributed by atoms with van der Waals surface area (Å²) in [5.74, 6) is -0.594. The van der Waals surface area contributed by atoms with E-state index in [0.717, 1.165) is 0 Å². The maximum atomic E-state index is 9.85. The molecule has 14 N–H and O–H groups in total. The normalized spacial score (nSPS) is 13.1. The van der Waals surface area contributed by atoms with Gasteiger partial charge in [0.05, 0.1) is 18.3 Å². The highest BCUT2D eigenvalue weighted by Crippen LogP contribution is 2.28. The third-order valence-corrected chi connectivity index (χ3v) is 6.37. The van der Waals surface area contributed by atoms with Crippen molar-refractivity contribution < 1.29 is 63.5 Å². The van der Waals surface area contributed by atoms with E-state index in [1.807, 2.05) is 55.4 Å². The summed E-state index contributed by atoms with van der Waals surface area (Å²) < 4.78 is 31.6. The molecular weight excluding hydrogens is 738 g/mol. The van der Waals surface area contributed by atoms with Gasteiger partial charge in [-0.25, -0.2) is 0 Å². The second-order valence-corrected chi connectivity index (χ2v) is 15.0. The first-order chi connectivity index (χ1) is 23.6. The van der Waals surface area contributed by atoms with Crippen LogP contribution < -0.4 is 16.0 Å². The molecule has 3 unspecified atom stereocenters. The molecule has 304 valence electrons. The molecule has 0 saturated heterocycles. The van der Waals surface area contributed by atoms with Crippen LogP contribution in [-0.2, 0) is 10.4 Å². The van der Waals surface area contributed by atoms with E-state index in [1.165, 1.54) is 48.5 Å². The van der Waals surface area contributed by atoms with Gasteiger partial charge >= 0.3 is 10.4 Å². The Bertz CT molecular complexity index is 1500. The quantitative estimate of drug-likeness (QED) is 0.102. The molecule has 0 heterocycles. The largest absolute Gasteiger partial charge is 0.508 e. The Balaban J connectivity index is 0. The molecule has 0 fully saturated rings. The Hall–Kier alpha value is -3.62. The fraction of sp³-hybridized carbons (Fsp3) is 0.486. The van der Waals surface area contributed by atoms with Crippen LogP contribution >= 0.6 is 12.4 Å². The first kappa shape index (κ1) is 51.5. The lowest BCUT2D eigenvalue weighted by molar-refractivity contribution is 0.162. The molecule has 3 atom stereocenters. The Morgan fingerprint density at radius 3 is 1.15 bits per heavy atom. The maximum absolute atomic E-state index is 9.85. The van der Waals surface area contributed by atoms with Crippen molar-refractivity contribution in [3.8, 4) is 34.5 Å². The number of nitrogens with one attached hydrogen (secondary N) is 3. The van der Waals surface area contributed by atoms with Crippen molar-refractivity contribution in [2.24, 2.45) is 0 Å². The summed E-state index contributed by atoms with van der Waals surface area (Å²) in [5.41, 5.74) is 1.40. The lowest BCUT2D eigenvalue weighted by Crippen LogP contribution is -2.38. The van der Waals surface area contributed by atoms with Gasteiger partial charge in [0.1, 0.15) is 23.0 Å². The van der Waals surface area contributed by atoms with Crippen LogP contribution in [0.3, 0.4) is 0 Å². The minimum atomic E-state index is -4.67. The van der Waals surface area contributed by atoms with Crippen LogP contribution in [0.1, 0.15) is 90.4 Å². The number of aliphatic hydroxyl groups excluding tert-OH is 3. The third kappa shape index (κ3) is 26.7. The number of halogens is 1. The van der Waals surface area contributed by atoms with Gasteiger partial charge in [0.2, 0.25) is 0 Å². The topological polar surface area (TPSA) is 293 Å². The van der Waals surface area contributed by atoms with Crippen molar-refractivity contribution in [2.45, 2.75) is 90.8 Å². The number of rotatable bonds is 10. The molecule has 0 aromatic heterocycles. The maximum Gasteiger partial charge on any atom is 0.394 e. The minimum Gasteiger partial charge on any atom is -0.508 e. The van der Waals surface area contributed by atoms with Crippen LogP contribution in [0, 0.1) is 0 Å². The predicted octanol–water partition coefficient (Wildman–Crippen LogP) is 3.94. The summed E-state index contributed by atoms with van der Waals surface area (Å²) in [7, 11) is -4.67. The zero-order valence-electron chi connectivity index (χ0n) is 31.2. The lowest BCUT2D eigenvalue weighted by Gasteiger charge is -2.23. The van der Waals surface area contributed by atoms with Gasteiger partial charge in [-0.3, -0.25) is 9.11 Å². The van der Waals surface area contributed by atoms with Crippen LogP contribution in [0.15, 0.2) is 54.6 Å². The van der Waals surface area contributed by atoms with Gasteiger partial charge in [0.25, 0.3) is 0 Å². The number of β-amino-alcohol motifs (C(OH)–C–C–N with tert-alkyl or cyclic N) is 2. The zero-order valence-corrected chi connectivity index (χ0v) is 32.8. The van der Waals surface area contributed by atoms with Gasteiger partial charge in [0, 0.05) is 48.9 Å². The summed E-state index contributed by atoms with van der Waals surface area (Å²) in [4.78, 5) is 0. The van der Waals surface area contributed by atoms with Crippen molar-refractivity contribution in [1.82, 2.24) is 16.0 Å². The van der Waals surface area contributed by atoms with E-state index in [-0.39, 0.29) is 58.0 Å². The van der Waals surface area contributed by atoms with Gasteiger partial charge in [0.15, 0.2) is 11.5 Å². The number of aromatic hydroxyl groups is 6. The summed E-state index contributed by atoms with van der Waals surface area (Å²) in [5, 5.41) is 94.3. The molecule has 0 spiro atoms. The van der Waals surface area contributed by atoms with Gasteiger partial charge in [-0.05, 0) is 94.6 Å². The minimum absolute atomic E-state index is 0. The number of hydrogen-bond donors (Lipinski definition) is 14. The molecule has 3 rings (SSSR count). The number of benzene rings is 3. The molecule has 0 bridgehead atoms. The van der Waals surface area contributed by atoms with Gasteiger partial charge < -0.3 is 61.9 Å². The molecule has 18 heteroatoms. The molecule has 16 nitrogen and oxygen atoms in total. The van der Waals surface area contributed by atoms with Crippen LogP contribution in [0.2, 0.25) is 0 Å². The number of hydrogen-bond acceptors (Lipinski definition) is 14. The van der Waals surface area contributed by atoms with Crippen molar-refractivity contribution in [2.75, 3.05) is 19.6 Å². The Kier molecular flexibility index (Phi) is 22.6. The average molecular weight is 796 g/mol. The fourth-order valence-electron chi connectivity index (χ4n) is 3.88. The number of phenolic OH excluding ortho intramolecular Hbond substituents is 6. The first-order valence-corrected chi connectivity index (χ1v) is 17.5. The summed E-state index contributed by atoms with van der Waals surface area (Å²) in [6.07, 6.45) is -2.19. The van der Waals surface area contributed by atoms with Gasteiger partial charge in [-0.15, -0.1) is 12.4 Å². The number of aliphatic hydroxyl groups is 3. The highest BCUT2D eigenvalue weighted by Gasteiger charge is 2.16. The predicted molar refractivity (Wildman–Crippen MR) is 204 cm³/mol. The van der Waals surface area contributed by atoms with Crippen LogP contribution in [0.5, 0.6) is 34.5 Å². The monoisotopic (exact) mass is 795 g/mol. The lowest BCUT2D eigenvalue weighted by atomic mass is 10.1. The van der Waals surface area contributed by atoms with Crippen LogP contribution in [-0.4, -0.2) is 100 Å². The molecule has 3 aromatic rings. The van der Waals surface area contributed by atoms with E-state index in [1.54, 1.807) is 6.07 Å². The van der Waals surface area contributed by atoms with Crippen molar-refractivity contribution in [3.63, 3.8) is 0 Å². The zero-order chi connectivity index (χ0) is 40.6. The van der Waals surface area contributed by atoms with Crippen LogP contribution in [0.4, 0.5) is 0 Å². The Labute approximate surface area is 317 Å². The molecule has 0 aliphatic carbocycles. The Morgan fingerprint density at radius 1 is 0.547 bits per heavy atom. The van der Waals surface area contributed by atoms with Crippen molar-refractivity contribution in [3.05, 3.63) is 71.3 Å². The van der Waals surface area contributed by atoms with E-state index < -0.39 is 28.7 Å². The third-order valence-electron chi connectivity index (χ3n) is 6.37. The van der Waals surface area contributed by atoms with Crippen molar-refractivity contribution in [1.29, 1.82) is 0 Å². The molecule has 0 aliphatic heterocycles. The van der Waals surface area contributed by atoms with Crippen LogP contribution in [0.25, 0.3) is 0 Å². The standard InChI is InChI=1S/2C12H19NO3.C11H17NO3.ClH.H2O4S/c2*1-12(2,3)13-7-11(16)8-4-9(14)6-10(15)5-8;1-7(2)12-6-11(15)8-3-4-9(13)10(14)5-8;;1-5(2,3)4/h2*4-6,11,13-16H,7H2,1-3H3;3-5,7,11-15H,6H2,1-2H3;1H;(H2,1,2,3,4). The number of phenols is 6.